The summed E-state index contributed by atoms with van der Waals surface area (Å²) in [7, 11) is 0. The standard InChI is InChI=1S/C22H22F3N5O4/c1-11-6-14(8-27-20(11)33-10-22(23,24)25)13(3)30-9-16-15(21(30)32)4-5-26-18(16)28-19(31)17-7-12(2)34-29-17/h4-8,13,17,29H,9-10H2,1-3H3,(H,26,28,31). The van der Waals surface area contributed by atoms with E-state index in [0.29, 0.717) is 28.0 Å². The van der Waals surface area contributed by atoms with Crippen molar-refractivity contribution >= 4 is 17.6 Å². The first-order chi connectivity index (χ1) is 16.0. The van der Waals surface area contributed by atoms with Crippen LogP contribution in [-0.4, -0.2) is 45.5 Å². The van der Waals surface area contributed by atoms with Gasteiger partial charge in [0.05, 0.1) is 12.6 Å². The minimum atomic E-state index is -4.47. The normalized spacial score (nSPS) is 18.3. The van der Waals surface area contributed by atoms with Gasteiger partial charge in [-0.15, -0.1) is 5.48 Å². The van der Waals surface area contributed by atoms with Crippen LogP contribution in [0.3, 0.4) is 0 Å². The molecule has 2 unspecified atom stereocenters. The molecule has 0 saturated heterocycles. The Morgan fingerprint density at radius 3 is 2.79 bits per heavy atom. The zero-order chi connectivity index (χ0) is 24.6. The Morgan fingerprint density at radius 2 is 2.15 bits per heavy atom. The molecule has 0 radical (unpaired) electrons. The molecule has 180 valence electrons. The molecule has 4 heterocycles. The number of carbonyl (C=O) groups excluding carboxylic acids is 2. The van der Waals surface area contributed by atoms with Crippen LogP contribution in [0, 0.1) is 6.92 Å². The SMILES string of the molecule is CC1=CC(C(=O)Nc2nccc3c2CN(C(C)c2cnc(OCC(F)(F)F)c(C)c2)C3=O)NO1. The van der Waals surface area contributed by atoms with Gasteiger partial charge in [0.15, 0.2) is 6.61 Å². The van der Waals surface area contributed by atoms with Gasteiger partial charge in [-0.1, -0.05) is 0 Å². The Balaban J connectivity index is 1.50. The lowest BCUT2D eigenvalue weighted by atomic mass is 10.1. The Hall–Kier alpha value is -3.67. The van der Waals surface area contributed by atoms with E-state index >= 15 is 0 Å². The van der Waals surface area contributed by atoms with E-state index in [-0.39, 0.29) is 30.1 Å². The molecule has 2 aromatic rings. The Morgan fingerprint density at radius 1 is 1.38 bits per heavy atom. The highest BCUT2D eigenvalue weighted by molar-refractivity contribution is 6.02. The maximum Gasteiger partial charge on any atom is 0.422 e. The Labute approximate surface area is 192 Å². The third-order valence-corrected chi connectivity index (χ3v) is 5.52. The molecule has 4 rings (SSSR count). The molecule has 2 atom stereocenters. The van der Waals surface area contributed by atoms with Crippen molar-refractivity contribution in [3.8, 4) is 5.88 Å². The average molecular weight is 477 g/mol. The van der Waals surface area contributed by atoms with Gasteiger partial charge in [-0.3, -0.25) is 9.59 Å². The molecule has 0 aromatic carbocycles. The number of nitrogens with one attached hydrogen (secondary N) is 2. The summed E-state index contributed by atoms with van der Waals surface area (Å²) in [4.78, 5) is 40.5. The number of amides is 2. The van der Waals surface area contributed by atoms with Crippen LogP contribution >= 0.6 is 0 Å². The number of fused-ring (bicyclic) bond motifs is 1. The molecule has 2 amide bonds. The molecular formula is C22H22F3N5O4. The number of hydroxylamine groups is 1. The summed E-state index contributed by atoms with van der Waals surface area (Å²) in [5, 5.41) is 2.73. The summed E-state index contributed by atoms with van der Waals surface area (Å²) in [5.74, 6) is 0.0857. The number of aryl methyl sites for hydroxylation is 1. The highest BCUT2D eigenvalue weighted by atomic mass is 19.4. The van der Waals surface area contributed by atoms with E-state index in [2.05, 4.69) is 20.8 Å². The molecule has 12 heteroatoms. The summed E-state index contributed by atoms with van der Waals surface area (Å²) in [6.45, 7) is 3.84. The van der Waals surface area contributed by atoms with E-state index in [9.17, 15) is 22.8 Å². The van der Waals surface area contributed by atoms with Gasteiger partial charge < -0.3 is 19.8 Å². The largest absolute Gasteiger partial charge is 0.468 e. The average Bonchev–Trinajstić information content (AvgIpc) is 3.36. The quantitative estimate of drug-likeness (QED) is 0.658. The number of halogens is 3. The smallest absolute Gasteiger partial charge is 0.422 e. The lowest BCUT2D eigenvalue weighted by molar-refractivity contribution is -0.154. The molecule has 9 nitrogen and oxygen atoms in total. The first-order valence-corrected chi connectivity index (χ1v) is 10.4. The van der Waals surface area contributed by atoms with Gasteiger partial charge in [0.1, 0.15) is 17.6 Å². The molecule has 0 spiro atoms. The molecule has 0 bridgehead atoms. The van der Waals surface area contributed by atoms with Crippen LogP contribution in [-0.2, 0) is 16.2 Å². The van der Waals surface area contributed by atoms with Crippen LogP contribution in [0.2, 0.25) is 0 Å². The minimum Gasteiger partial charge on any atom is -0.468 e. The molecule has 2 N–H and O–H groups in total. The van der Waals surface area contributed by atoms with Crippen molar-refractivity contribution < 1.29 is 32.3 Å². The number of anilines is 1. The van der Waals surface area contributed by atoms with Crippen LogP contribution in [0.1, 0.15) is 46.9 Å². The fourth-order valence-electron chi connectivity index (χ4n) is 3.75. The van der Waals surface area contributed by atoms with Gasteiger partial charge in [0.25, 0.3) is 5.91 Å². The van der Waals surface area contributed by atoms with Crippen molar-refractivity contribution in [3.05, 3.63) is 58.6 Å². The maximum atomic E-state index is 13.1. The minimum absolute atomic E-state index is 0.118. The second-order valence-electron chi connectivity index (χ2n) is 8.05. The first-order valence-electron chi connectivity index (χ1n) is 10.4. The van der Waals surface area contributed by atoms with Gasteiger partial charge >= 0.3 is 6.18 Å². The summed E-state index contributed by atoms with van der Waals surface area (Å²) in [6.07, 6.45) is -0.0138. The summed E-state index contributed by atoms with van der Waals surface area (Å²) >= 11 is 0. The molecule has 2 aliphatic rings. The fraction of sp³-hybridized carbons (Fsp3) is 0.364. The number of ether oxygens (including phenoxy) is 1. The molecule has 2 aromatic heterocycles. The molecular weight excluding hydrogens is 455 g/mol. The first kappa shape index (κ1) is 23.5. The van der Waals surface area contributed by atoms with Crippen LogP contribution in [0.15, 0.2) is 36.4 Å². The zero-order valence-electron chi connectivity index (χ0n) is 18.6. The van der Waals surface area contributed by atoms with E-state index in [1.807, 2.05) is 0 Å². The number of pyridine rings is 2. The van der Waals surface area contributed by atoms with Gasteiger partial charge in [-0.25, -0.2) is 9.97 Å². The van der Waals surface area contributed by atoms with Crippen LogP contribution < -0.4 is 15.5 Å². The Kier molecular flexibility index (Phi) is 6.17. The van der Waals surface area contributed by atoms with E-state index in [1.54, 1.807) is 43.9 Å². The second kappa shape index (κ2) is 8.93. The number of aromatic nitrogens is 2. The van der Waals surface area contributed by atoms with E-state index in [4.69, 9.17) is 9.57 Å². The predicted molar refractivity (Wildman–Crippen MR) is 113 cm³/mol. The number of allylic oxidation sites excluding steroid dienone is 1. The van der Waals surface area contributed by atoms with Crippen molar-refractivity contribution in [2.45, 2.75) is 45.6 Å². The lowest BCUT2D eigenvalue weighted by Crippen LogP contribution is -2.35. The molecule has 2 aliphatic heterocycles. The number of hydrogen-bond acceptors (Lipinski definition) is 7. The van der Waals surface area contributed by atoms with Crippen molar-refractivity contribution in [1.29, 1.82) is 0 Å². The summed E-state index contributed by atoms with van der Waals surface area (Å²) in [5.41, 5.74) is 4.62. The van der Waals surface area contributed by atoms with Gasteiger partial charge in [-0.05, 0) is 44.5 Å². The molecule has 34 heavy (non-hydrogen) atoms. The van der Waals surface area contributed by atoms with E-state index < -0.39 is 24.9 Å². The van der Waals surface area contributed by atoms with Gasteiger partial charge in [0, 0.05) is 29.1 Å². The number of alkyl halides is 3. The highest BCUT2D eigenvalue weighted by Gasteiger charge is 2.35. The maximum absolute atomic E-state index is 13.1. The second-order valence-corrected chi connectivity index (χ2v) is 8.05. The van der Waals surface area contributed by atoms with Crippen LogP contribution in [0.4, 0.5) is 19.0 Å². The summed E-state index contributed by atoms with van der Waals surface area (Å²) < 4.78 is 42.1. The van der Waals surface area contributed by atoms with Crippen LogP contribution in [0.25, 0.3) is 0 Å². The number of carbonyl (C=O) groups is 2. The number of nitrogens with zero attached hydrogens (tertiary/aromatic N) is 3. The zero-order valence-corrected chi connectivity index (χ0v) is 18.6. The fourth-order valence-corrected chi connectivity index (χ4v) is 3.75. The monoisotopic (exact) mass is 477 g/mol. The molecule has 0 saturated carbocycles. The van der Waals surface area contributed by atoms with Crippen molar-refractivity contribution in [2.75, 3.05) is 11.9 Å². The number of hydrogen-bond donors (Lipinski definition) is 2. The van der Waals surface area contributed by atoms with Crippen molar-refractivity contribution in [2.24, 2.45) is 0 Å². The molecule has 0 aliphatic carbocycles. The van der Waals surface area contributed by atoms with Gasteiger partial charge in [0.2, 0.25) is 11.8 Å². The van der Waals surface area contributed by atoms with Crippen LogP contribution in [0.5, 0.6) is 5.88 Å². The Bertz CT molecular complexity index is 1170. The topological polar surface area (TPSA) is 106 Å². The predicted octanol–water partition coefficient (Wildman–Crippen LogP) is 3.19. The highest BCUT2D eigenvalue weighted by Crippen LogP contribution is 2.35. The third-order valence-electron chi connectivity index (χ3n) is 5.52. The van der Waals surface area contributed by atoms with Crippen molar-refractivity contribution in [1.82, 2.24) is 20.3 Å². The van der Waals surface area contributed by atoms with Crippen molar-refractivity contribution in [3.63, 3.8) is 0 Å². The lowest BCUT2D eigenvalue weighted by Gasteiger charge is -2.25. The van der Waals surface area contributed by atoms with E-state index in [0.717, 1.165) is 0 Å². The van der Waals surface area contributed by atoms with Gasteiger partial charge in [-0.2, -0.15) is 13.2 Å². The molecule has 0 fully saturated rings. The van der Waals surface area contributed by atoms with E-state index in [1.165, 1.54) is 12.4 Å². The third kappa shape index (κ3) is 4.81. The number of rotatable bonds is 6. The summed E-state index contributed by atoms with van der Waals surface area (Å²) in [6, 6.07) is 2.10.